The van der Waals surface area contributed by atoms with E-state index in [2.05, 4.69) is 10.4 Å². The molecule has 0 bridgehead atoms. The molecule has 0 aliphatic carbocycles. The van der Waals surface area contributed by atoms with Gasteiger partial charge in [0.05, 0.1) is 10.8 Å². The lowest BCUT2D eigenvalue weighted by atomic mass is 10.1. The van der Waals surface area contributed by atoms with Crippen molar-refractivity contribution in [3.05, 3.63) is 64.4 Å². The molecular weight excluding hydrogens is 442 g/mol. The standard InChI is InChI=1S/C19H19N5O5S2/c1-19(2)16(23(26)17(25)21-13-7-4-3-5-8-13)22(18(30)31-19)20-12-6-9-14-10-11-15(29-14)24(27)28/h3-12,16,26H,1-2H3,(H,21,25)/b9-6+,20-12-/t16-/m1/s1. The molecule has 162 valence electrons. The Morgan fingerprint density at radius 1 is 1.39 bits per heavy atom. The molecule has 1 aromatic heterocycles. The van der Waals surface area contributed by atoms with Crippen LogP contribution >= 0.6 is 24.0 Å². The lowest BCUT2D eigenvalue weighted by molar-refractivity contribution is -0.402. The second-order valence-electron chi connectivity index (χ2n) is 6.89. The molecule has 12 heteroatoms. The number of thioether (sulfide) groups is 1. The number of hydroxylamine groups is 2. The highest BCUT2D eigenvalue weighted by molar-refractivity contribution is 8.24. The molecule has 1 atom stereocenters. The highest BCUT2D eigenvalue weighted by Crippen LogP contribution is 2.42. The third-order valence-corrected chi connectivity index (χ3v) is 5.72. The molecule has 10 nitrogen and oxygen atoms in total. The smallest absolute Gasteiger partial charge is 0.401 e. The Balaban J connectivity index is 1.73. The maximum atomic E-state index is 12.6. The highest BCUT2D eigenvalue weighted by Gasteiger charge is 2.50. The Morgan fingerprint density at radius 3 is 2.74 bits per heavy atom. The van der Waals surface area contributed by atoms with Gasteiger partial charge in [0.15, 0.2) is 10.5 Å². The van der Waals surface area contributed by atoms with Gasteiger partial charge in [0.1, 0.15) is 10.7 Å². The Morgan fingerprint density at radius 2 is 2.10 bits per heavy atom. The van der Waals surface area contributed by atoms with Gasteiger partial charge in [-0.3, -0.25) is 15.3 Å². The summed E-state index contributed by atoms with van der Waals surface area (Å²) in [6, 6.07) is 10.7. The van der Waals surface area contributed by atoms with Crippen molar-refractivity contribution in [3.8, 4) is 0 Å². The van der Waals surface area contributed by atoms with Crippen LogP contribution in [-0.4, -0.2) is 47.7 Å². The number of carbonyl (C=O) groups is 1. The molecule has 1 aromatic carbocycles. The van der Waals surface area contributed by atoms with Gasteiger partial charge >= 0.3 is 11.9 Å². The molecule has 1 aliphatic rings. The van der Waals surface area contributed by atoms with Crippen LogP contribution in [0.15, 0.2) is 58.1 Å². The van der Waals surface area contributed by atoms with Gasteiger partial charge in [0, 0.05) is 11.9 Å². The number of anilines is 1. The lowest BCUT2D eigenvalue weighted by Gasteiger charge is -2.34. The molecule has 0 radical (unpaired) electrons. The number of nitrogens with zero attached hydrogens (tertiary/aromatic N) is 4. The minimum absolute atomic E-state index is 0.277. The summed E-state index contributed by atoms with van der Waals surface area (Å²) in [5.74, 6) is -0.0877. The Labute approximate surface area is 187 Å². The maximum absolute atomic E-state index is 12.6. The van der Waals surface area contributed by atoms with Crippen LogP contribution in [0.4, 0.5) is 16.4 Å². The van der Waals surface area contributed by atoms with Crippen LogP contribution in [0.25, 0.3) is 6.08 Å². The van der Waals surface area contributed by atoms with Crippen LogP contribution in [-0.2, 0) is 0 Å². The molecule has 1 fully saturated rings. The molecule has 2 aromatic rings. The summed E-state index contributed by atoms with van der Waals surface area (Å²) in [4.78, 5) is 22.6. The van der Waals surface area contributed by atoms with Gasteiger partial charge in [-0.1, -0.05) is 42.2 Å². The predicted octanol–water partition coefficient (Wildman–Crippen LogP) is 4.55. The highest BCUT2D eigenvalue weighted by atomic mass is 32.2. The summed E-state index contributed by atoms with van der Waals surface area (Å²) in [5, 5.41) is 30.1. The number of rotatable bonds is 6. The quantitative estimate of drug-likeness (QED) is 0.211. The van der Waals surface area contributed by atoms with Crippen molar-refractivity contribution in [1.82, 2.24) is 10.1 Å². The molecule has 2 N–H and O–H groups in total. The molecule has 0 unspecified atom stereocenters. The van der Waals surface area contributed by atoms with Gasteiger partial charge in [-0.05, 0) is 44.2 Å². The van der Waals surface area contributed by atoms with E-state index in [0.29, 0.717) is 15.1 Å². The van der Waals surface area contributed by atoms with E-state index in [4.69, 9.17) is 16.6 Å². The number of furan rings is 1. The van der Waals surface area contributed by atoms with Crippen LogP contribution < -0.4 is 5.32 Å². The van der Waals surface area contributed by atoms with Crippen molar-refractivity contribution in [3.63, 3.8) is 0 Å². The molecule has 2 amide bonds. The first-order chi connectivity index (χ1) is 14.7. The number of allylic oxidation sites excluding steroid dienone is 1. The van der Waals surface area contributed by atoms with Crippen LogP contribution in [0.3, 0.4) is 0 Å². The van der Waals surface area contributed by atoms with Gasteiger partial charge in [-0.25, -0.2) is 9.80 Å². The second-order valence-corrected chi connectivity index (χ2v) is 9.18. The Hall–Kier alpha value is -3.22. The van der Waals surface area contributed by atoms with Crippen LogP contribution in [0.5, 0.6) is 0 Å². The van der Waals surface area contributed by atoms with Crippen LogP contribution in [0, 0.1) is 10.1 Å². The third kappa shape index (κ3) is 5.29. The number of para-hydroxylation sites is 1. The largest absolute Gasteiger partial charge is 0.433 e. The molecule has 3 rings (SSSR count). The number of nitrogens with one attached hydrogen (secondary N) is 1. The molecule has 0 saturated carbocycles. The van der Waals surface area contributed by atoms with E-state index >= 15 is 0 Å². The van der Waals surface area contributed by atoms with Crippen LogP contribution in [0.2, 0.25) is 0 Å². The zero-order chi connectivity index (χ0) is 22.6. The second kappa shape index (κ2) is 9.29. The summed E-state index contributed by atoms with van der Waals surface area (Å²) in [6.07, 6.45) is 3.51. The fourth-order valence-corrected chi connectivity index (χ4v) is 4.61. The first-order valence-electron chi connectivity index (χ1n) is 9.00. The van der Waals surface area contributed by atoms with Crippen molar-refractivity contribution in [2.45, 2.75) is 24.8 Å². The van der Waals surface area contributed by atoms with E-state index in [9.17, 15) is 20.1 Å². The monoisotopic (exact) mass is 461 g/mol. The number of nitro groups is 1. The van der Waals surface area contributed by atoms with E-state index in [1.807, 2.05) is 19.9 Å². The van der Waals surface area contributed by atoms with Gasteiger partial charge < -0.3 is 9.73 Å². The summed E-state index contributed by atoms with van der Waals surface area (Å²) < 4.78 is 4.75. The number of carbonyl (C=O) groups excluding carboxylic acids is 1. The van der Waals surface area contributed by atoms with E-state index in [1.54, 1.807) is 24.3 Å². The molecule has 1 aliphatic heterocycles. The van der Waals surface area contributed by atoms with Gasteiger partial charge in [-0.15, -0.1) is 0 Å². The first kappa shape index (κ1) is 22.5. The van der Waals surface area contributed by atoms with Crippen molar-refractivity contribution in [2.75, 3.05) is 5.32 Å². The molecule has 0 spiro atoms. The third-order valence-electron chi connectivity index (χ3n) is 4.19. The molecular formula is C19H19N5O5S2. The lowest BCUT2D eigenvalue weighted by Crippen LogP contribution is -2.54. The van der Waals surface area contributed by atoms with Crippen LogP contribution in [0.1, 0.15) is 19.6 Å². The van der Waals surface area contributed by atoms with Crippen molar-refractivity contribution < 1.29 is 19.3 Å². The van der Waals surface area contributed by atoms with Gasteiger partial charge in [0.2, 0.25) is 0 Å². The average molecular weight is 462 g/mol. The number of hydrogen-bond acceptors (Lipinski definition) is 8. The van der Waals surface area contributed by atoms with E-state index in [1.165, 1.54) is 47.3 Å². The summed E-state index contributed by atoms with van der Waals surface area (Å²) >= 11 is 6.66. The van der Waals surface area contributed by atoms with Gasteiger partial charge in [-0.2, -0.15) is 10.2 Å². The molecule has 31 heavy (non-hydrogen) atoms. The minimum Gasteiger partial charge on any atom is -0.401 e. The summed E-state index contributed by atoms with van der Waals surface area (Å²) in [7, 11) is 0. The van der Waals surface area contributed by atoms with E-state index in [-0.39, 0.29) is 11.6 Å². The number of thiocarbonyl (C=S) groups is 1. The fourth-order valence-electron chi connectivity index (χ4n) is 2.82. The van der Waals surface area contributed by atoms with Crippen molar-refractivity contribution in [2.24, 2.45) is 5.10 Å². The van der Waals surface area contributed by atoms with E-state index < -0.39 is 21.9 Å². The normalized spacial score (nSPS) is 18.1. The Bertz CT molecular complexity index is 1040. The zero-order valence-electron chi connectivity index (χ0n) is 16.5. The number of urea groups is 1. The van der Waals surface area contributed by atoms with Crippen molar-refractivity contribution in [1.29, 1.82) is 0 Å². The number of hydrogen-bond donors (Lipinski definition) is 2. The zero-order valence-corrected chi connectivity index (χ0v) is 18.2. The summed E-state index contributed by atoms with van der Waals surface area (Å²) in [6.45, 7) is 3.67. The minimum atomic E-state index is -0.872. The number of hydrazone groups is 1. The number of benzene rings is 1. The van der Waals surface area contributed by atoms with Crippen molar-refractivity contribution >= 4 is 58.2 Å². The molecule has 1 saturated heterocycles. The topological polar surface area (TPSA) is 124 Å². The predicted molar refractivity (Wildman–Crippen MR) is 122 cm³/mol. The molecule has 2 heterocycles. The average Bonchev–Trinajstić information content (AvgIpc) is 3.27. The van der Waals surface area contributed by atoms with Gasteiger partial charge in [0.25, 0.3) is 0 Å². The van der Waals surface area contributed by atoms with E-state index in [0.717, 1.165) is 0 Å². The SMILES string of the molecule is CC1(C)SC(=S)N(/N=C\C=C\c2ccc([N+](=O)[O-])o2)[C@@H]1N(O)C(=O)Nc1ccccc1. The Kier molecular flexibility index (Phi) is 6.73. The number of amides is 2. The first-order valence-corrected chi connectivity index (χ1v) is 10.2. The maximum Gasteiger partial charge on any atom is 0.433 e. The summed E-state index contributed by atoms with van der Waals surface area (Å²) in [5.41, 5.74) is 0.531. The fraction of sp³-hybridized carbons (Fsp3) is 0.211.